The average molecular weight is 296 g/mol. The Hall–Kier alpha value is -1.09. The Balaban J connectivity index is 3.37. The van der Waals surface area contributed by atoms with E-state index in [1.807, 2.05) is 18.2 Å². The summed E-state index contributed by atoms with van der Waals surface area (Å²) in [6.45, 7) is 2.16. The Morgan fingerprint density at radius 3 is 2.43 bits per heavy atom. The van der Waals surface area contributed by atoms with Crippen LogP contribution in [0.25, 0.3) is 0 Å². The van der Waals surface area contributed by atoms with Gasteiger partial charge in [0.1, 0.15) is 0 Å². The van der Waals surface area contributed by atoms with Gasteiger partial charge in [0.05, 0.1) is 6.10 Å². The van der Waals surface area contributed by atoms with Gasteiger partial charge in [-0.05, 0) is 25.7 Å². The minimum atomic E-state index is -0.693. The summed E-state index contributed by atoms with van der Waals surface area (Å²) in [5.41, 5.74) is 0. The molecule has 0 fully saturated rings. The van der Waals surface area contributed by atoms with Crippen LogP contribution in [0.1, 0.15) is 77.6 Å². The number of hydrogen-bond acceptors (Lipinski definition) is 2. The number of aliphatic carboxylic acids is 1. The zero-order valence-corrected chi connectivity index (χ0v) is 13.5. The molecule has 0 rings (SSSR count). The van der Waals surface area contributed by atoms with Gasteiger partial charge in [-0.3, -0.25) is 4.79 Å². The van der Waals surface area contributed by atoms with Crippen LogP contribution in [-0.4, -0.2) is 22.3 Å². The second-order valence-electron chi connectivity index (χ2n) is 5.58. The van der Waals surface area contributed by atoms with E-state index in [1.54, 1.807) is 0 Å². The van der Waals surface area contributed by atoms with E-state index in [0.29, 0.717) is 6.42 Å². The first-order chi connectivity index (χ1) is 10.2. The molecule has 0 aromatic carbocycles. The third-order valence-corrected chi connectivity index (χ3v) is 3.45. The van der Waals surface area contributed by atoms with E-state index in [0.717, 1.165) is 51.4 Å². The summed E-state index contributed by atoms with van der Waals surface area (Å²) in [6, 6.07) is 0. The molecule has 0 unspecified atom stereocenters. The molecule has 0 aromatic heterocycles. The van der Waals surface area contributed by atoms with Crippen LogP contribution in [0, 0.1) is 0 Å². The Labute approximate surface area is 129 Å². The fraction of sp³-hybridized carbons (Fsp3) is 0.722. The molecule has 0 aliphatic heterocycles. The molecule has 0 amide bonds. The first-order valence-electron chi connectivity index (χ1n) is 8.40. The number of aliphatic hydroxyl groups excluding tert-OH is 1. The Bertz CT molecular complexity index is 295. The first-order valence-corrected chi connectivity index (χ1v) is 8.40. The second kappa shape index (κ2) is 15.3. The van der Waals surface area contributed by atoms with Gasteiger partial charge in [-0.2, -0.15) is 0 Å². The third kappa shape index (κ3) is 16.9. The monoisotopic (exact) mass is 296 g/mol. The summed E-state index contributed by atoms with van der Waals surface area (Å²) in [4.78, 5) is 10.3. The molecule has 3 nitrogen and oxygen atoms in total. The van der Waals surface area contributed by atoms with E-state index in [4.69, 9.17) is 5.11 Å². The number of carbonyl (C=O) groups is 1. The number of aliphatic hydroxyl groups is 1. The number of rotatable bonds is 14. The molecule has 1 atom stereocenters. The maximum Gasteiger partial charge on any atom is 0.303 e. The van der Waals surface area contributed by atoms with Crippen molar-refractivity contribution in [2.45, 2.75) is 83.7 Å². The lowest BCUT2D eigenvalue weighted by molar-refractivity contribution is -0.137. The molecule has 3 heteroatoms. The van der Waals surface area contributed by atoms with Crippen LogP contribution in [0.4, 0.5) is 0 Å². The molecule has 0 aliphatic carbocycles. The zero-order chi connectivity index (χ0) is 15.8. The standard InChI is InChI=1S/C18H32O3/c1-2-3-11-14-17(19)15-12-9-7-5-4-6-8-10-13-16-18(20)21/h7,9,12,15,17,19H,2-6,8,10-11,13-14,16H2,1H3,(H,20,21)/b9-7-,15-12+/t17-/m0/s1. The van der Waals surface area contributed by atoms with E-state index in [9.17, 15) is 9.90 Å². The first kappa shape index (κ1) is 19.9. The van der Waals surface area contributed by atoms with Crippen molar-refractivity contribution in [3.63, 3.8) is 0 Å². The number of allylic oxidation sites excluding steroid dienone is 3. The van der Waals surface area contributed by atoms with Crippen LogP contribution < -0.4 is 0 Å². The van der Waals surface area contributed by atoms with Crippen LogP contribution in [-0.2, 0) is 4.79 Å². The topological polar surface area (TPSA) is 57.5 Å². The lowest BCUT2D eigenvalue weighted by Gasteiger charge is -2.03. The third-order valence-electron chi connectivity index (χ3n) is 3.45. The summed E-state index contributed by atoms with van der Waals surface area (Å²) in [5.74, 6) is -0.693. The van der Waals surface area contributed by atoms with Gasteiger partial charge in [-0.1, -0.05) is 69.8 Å². The highest BCUT2D eigenvalue weighted by Gasteiger charge is 1.97. The van der Waals surface area contributed by atoms with E-state index >= 15 is 0 Å². The second-order valence-corrected chi connectivity index (χ2v) is 5.58. The number of hydrogen-bond donors (Lipinski definition) is 2. The summed E-state index contributed by atoms with van der Waals surface area (Å²) < 4.78 is 0. The normalized spacial score (nSPS) is 13.2. The number of unbranched alkanes of at least 4 members (excludes halogenated alkanes) is 7. The quantitative estimate of drug-likeness (QED) is 0.355. The van der Waals surface area contributed by atoms with Crippen LogP contribution in [0.15, 0.2) is 24.3 Å². The van der Waals surface area contributed by atoms with Gasteiger partial charge < -0.3 is 10.2 Å². The van der Waals surface area contributed by atoms with Crippen LogP contribution >= 0.6 is 0 Å². The summed E-state index contributed by atoms with van der Waals surface area (Å²) in [7, 11) is 0. The zero-order valence-electron chi connectivity index (χ0n) is 13.5. The van der Waals surface area contributed by atoms with E-state index < -0.39 is 5.97 Å². The van der Waals surface area contributed by atoms with Crippen molar-refractivity contribution in [1.29, 1.82) is 0 Å². The van der Waals surface area contributed by atoms with Gasteiger partial charge in [0.15, 0.2) is 0 Å². The van der Waals surface area contributed by atoms with Crippen molar-refractivity contribution in [1.82, 2.24) is 0 Å². The highest BCUT2D eigenvalue weighted by atomic mass is 16.4. The molecule has 0 radical (unpaired) electrons. The fourth-order valence-corrected chi connectivity index (χ4v) is 2.14. The predicted molar refractivity (Wildman–Crippen MR) is 88.4 cm³/mol. The molecular weight excluding hydrogens is 264 g/mol. The van der Waals surface area contributed by atoms with Crippen molar-refractivity contribution >= 4 is 5.97 Å². The molecule has 2 N–H and O–H groups in total. The van der Waals surface area contributed by atoms with Gasteiger partial charge >= 0.3 is 5.97 Å². The molecule has 0 spiro atoms. The molecule has 0 aromatic rings. The maximum absolute atomic E-state index is 10.3. The van der Waals surface area contributed by atoms with Crippen LogP contribution in [0.3, 0.4) is 0 Å². The van der Waals surface area contributed by atoms with Gasteiger partial charge in [0.2, 0.25) is 0 Å². The minimum absolute atomic E-state index is 0.297. The van der Waals surface area contributed by atoms with Gasteiger partial charge in [0, 0.05) is 6.42 Å². The van der Waals surface area contributed by atoms with Gasteiger partial charge in [-0.15, -0.1) is 0 Å². The molecule has 0 bridgehead atoms. The molecule has 0 heterocycles. The SMILES string of the molecule is CCCCC[C@H](O)/C=C/C=C\CCCCCCCC(=O)O. The summed E-state index contributed by atoms with van der Waals surface area (Å²) in [5, 5.41) is 18.2. The maximum atomic E-state index is 10.3. The molecule has 0 saturated heterocycles. The molecular formula is C18H32O3. The fourth-order valence-electron chi connectivity index (χ4n) is 2.14. The van der Waals surface area contributed by atoms with Gasteiger partial charge in [-0.25, -0.2) is 0 Å². The number of carboxylic acids is 1. The van der Waals surface area contributed by atoms with E-state index in [2.05, 4.69) is 13.0 Å². The van der Waals surface area contributed by atoms with Crippen molar-refractivity contribution in [2.75, 3.05) is 0 Å². The van der Waals surface area contributed by atoms with E-state index in [1.165, 1.54) is 12.8 Å². The van der Waals surface area contributed by atoms with E-state index in [-0.39, 0.29) is 6.10 Å². The minimum Gasteiger partial charge on any atom is -0.481 e. The Morgan fingerprint density at radius 2 is 1.71 bits per heavy atom. The number of carboxylic acid groups (broad SMARTS) is 1. The predicted octanol–water partition coefficient (Wildman–Crippen LogP) is 4.86. The molecule has 21 heavy (non-hydrogen) atoms. The largest absolute Gasteiger partial charge is 0.481 e. The Morgan fingerprint density at radius 1 is 1.00 bits per heavy atom. The highest BCUT2D eigenvalue weighted by Crippen LogP contribution is 2.08. The highest BCUT2D eigenvalue weighted by molar-refractivity contribution is 5.66. The van der Waals surface area contributed by atoms with Crippen LogP contribution in [0.5, 0.6) is 0 Å². The summed E-state index contributed by atoms with van der Waals surface area (Å²) >= 11 is 0. The van der Waals surface area contributed by atoms with Crippen molar-refractivity contribution in [3.8, 4) is 0 Å². The molecule has 122 valence electrons. The van der Waals surface area contributed by atoms with Crippen LogP contribution in [0.2, 0.25) is 0 Å². The summed E-state index contributed by atoms with van der Waals surface area (Å²) in [6.07, 6.45) is 18.5. The van der Waals surface area contributed by atoms with Gasteiger partial charge in [0.25, 0.3) is 0 Å². The molecule has 0 saturated carbocycles. The smallest absolute Gasteiger partial charge is 0.303 e. The van der Waals surface area contributed by atoms with Crippen molar-refractivity contribution < 1.29 is 15.0 Å². The lowest BCUT2D eigenvalue weighted by atomic mass is 10.1. The average Bonchev–Trinajstić information content (AvgIpc) is 2.44. The van der Waals surface area contributed by atoms with Crippen molar-refractivity contribution in [2.24, 2.45) is 0 Å². The lowest BCUT2D eigenvalue weighted by Crippen LogP contribution is -2.00. The van der Waals surface area contributed by atoms with Crippen molar-refractivity contribution in [3.05, 3.63) is 24.3 Å². The Kier molecular flexibility index (Phi) is 14.5. The molecule has 0 aliphatic rings.